The maximum absolute atomic E-state index is 11.6. The van der Waals surface area contributed by atoms with Gasteiger partial charge in [-0.2, -0.15) is 0 Å². The largest absolute Gasteiger partial charge is 0.277 e. The zero-order valence-electron chi connectivity index (χ0n) is 8.35. The van der Waals surface area contributed by atoms with Crippen molar-refractivity contribution >= 4 is 17.7 Å². The predicted molar refractivity (Wildman–Crippen MR) is 55.1 cm³/mol. The number of carbonyl (C=O) groups is 1. The van der Waals surface area contributed by atoms with E-state index >= 15 is 0 Å². The minimum Gasteiger partial charge on any atom is -0.274 e. The molecule has 0 saturated carbocycles. The van der Waals surface area contributed by atoms with Gasteiger partial charge >= 0.3 is 0 Å². The number of thioether (sulfide) groups is 1. The third kappa shape index (κ3) is 2.46. The molecule has 1 rings (SSSR count). The number of pyridine rings is 1. The van der Waals surface area contributed by atoms with Gasteiger partial charge in [0.25, 0.3) is 5.91 Å². The average Bonchev–Trinajstić information content (AvgIpc) is 2.27. The number of aromatic nitrogens is 1. The second kappa shape index (κ2) is 4.97. The molecule has 14 heavy (non-hydrogen) atoms. The summed E-state index contributed by atoms with van der Waals surface area (Å²) in [7, 11) is 3.02. The predicted octanol–water partition coefficient (Wildman–Crippen LogP) is 1.44. The van der Waals surface area contributed by atoms with Crippen LogP contribution in [0.3, 0.4) is 0 Å². The summed E-state index contributed by atoms with van der Waals surface area (Å²) < 4.78 is 0. The van der Waals surface area contributed by atoms with Crippen molar-refractivity contribution in [3.8, 4) is 0 Å². The third-order valence-electron chi connectivity index (χ3n) is 1.75. The van der Waals surface area contributed by atoms with Gasteiger partial charge < -0.3 is 0 Å². The van der Waals surface area contributed by atoms with E-state index < -0.39 is 0 Å². The molecule has 76 valence electrons. The monoisotopic (exact) mass is 212 g/mol. The van der Waals surface area contributed by atoms with Crippen molar-refractivity contribution in [1.29, 1.82) is 0 Å². The van der Waals surface area contributed by atoms with Gasteiger partial charge in [0, 0.05) is 18.8 Å². The lowest BCUT2D eigenvalue weighted by molar-refractivity contribution is -0.0757. The van der Waals surface area contributed by atoms with Gasteiger partial charge in [-0.15, -0.1) is 11.8 Å². The lowest BCUT2D eigenvalue weighted by Crippen LogP contribution is -2.25. The van der Waals surface area contributed by atoms with Crippen molar-refractivity contribution in [2.24, 2.45) is 0 Å². The number of hydrogen-bond donors (Lipinski definition) is 0. The molecule has 0 saturated heterocycles. The molecule has 0 aliphatic rings. The van der Waals surface area contributed by atoms with Gasteiger partial charge in [0.05, 0.1) is 12.1 Å². The van der Waals surface area contributed by atoms with Gasteiger partial charge in [0.1, 0.15) is 0 Å². The van der Waals surface area contributed by atoms with E-state index in [-0.39, 0.29) is 5.91 Å². The number of amides is 1. The zero-order valence-corrected chi connectivity index (χ0v) is 9.17. The Hall–Kier alpha value is -1.07. The first kappa shape index (κ1) is 11.0. The van der Waals surface area contributed by atoms with Crippen molar-refractivity contribution < 1.29 is 9.63 Å². The molecule has 0 radical (unpaired) electrons. The third-order valence-corrected chi connectivity index (χ3v) is 2.39. The topological polar surface area (TPSA) is 42.4 Å². The molecule has 0 spiro atoms. The van der Waals surface area contributed by atoms with Crippen LogP contribution in [-0.4, -0.2) is 36.4 Å². The zero-order chi connectivity index (χ0) is 10.6. The van der Waals surface area contributed by atoms with Crippen LogP contribution in [0.1, 0.15) is 10.4 Å². The van der Waals surface area contributed by atoms with E-state index in [1.54, 1.807) is 25.4 Å². The van der Waals surface area contributed by atoms with Gasteiger partial charge in [-0.3, -0.25) is 9.63 Å². The minimum absolute atomic E-state index is 0.176. The van der Waals surface area contributed by atoms with Crippen LogP contribution in [0.2, 0.25) is 0 Å². The van der Waals surface area contributed by atoms with Crippen LogP contribution < -0.4 is 0 Å². The second-order valence-electron chi connectivity index (χ2n) is 2.57. The lowest BCUT2D eigenvalue weighted by atomic mass is 10.2. The molecule has 0 aromatic carbocycles. The Morgan fingerprint density at radius 2 is 2.36 bits per heavy atom. The molecule has 0 unspecified atom stereocenters. The number of hydrogen-bond acceptors (Lipinski definition) is 4. The summed E-state index contributed by atoms with van der Waals surface area (Å²) in [6, 6.07) is 3.40. The standard InChI is InChI=1S/C9H12N2O2S/c1-11(13-2)9(12)7-4-5-10-8(6-7)14-3/h4-6H,1-3H3. The van der Waals surface area contributed by atoms with Crippen LogP contribution in [0.15, 0.2) is 23.4 Å². The number of rotatable bonds is 3. The molecule has 1 aromatic heterocycles. The molecule has 1 heterocycles. The highest BCUT2D eigenvalue weighted by Crippen LogP contribution is 2.13. The highest BCUT2D eigenvalue weighted by atomic mass is 32.2. The minimum atomic E-state index is -0.176. The fourth-order valence-corrected chi connectivity index (χ4v) is 1.33. The lowest BCUT2D eigenvalue weighted by Gasteiger charge is -2.13. The van der Waals surface area contributed by atoms with Gasteiger partial charge in [0.15, 0.2) is 0 Å². The number of nitrogens with zero attached hydrogens (tertiary/aromatic N) is 2. The summed E-state index contributed by atoms with van der Waals surface area (Å²) in [4.78, 5) is 20.5. The van der Waals surface area contributed by atoms with Gasteiger partial charge in [-0.1, -0.05) is 0 Å². The van der Waals surface area contributed by atoms with E-state index in [1.165, 1.54) is 23.9 Å². The Morgan fingerprint density at radius 3 is 2.93 bits per heavy atom. The molecule has 1 aromatic rings. The molecule has 0 bridgehead atoms. The van der Waals surface area contributed by atoms with Crippen molar-refractivity contribution in [3.05, 3.63) is 23.9 Å². The van der Waals surface area contributed by atoms with Crippen molar-refractivity contribution in [2.45, 2.75) is 5.03 Å². The SMILES string of the molecule is CON(C)C(=O)c1ccnc(SC)c1. The maximum atomic E-state index is 11.6. The Bertz CT molecular complexity index is 330. The Labute approximate surface area is 87.2 Å². The number of hydroxylamine groups is 2. The van der Waals surface area contributed by atoms with E-state index in [9.17, 15) is 4.79 Å². The van der Waals surface area contributed by atoms with Crippen molar-refractivity contribution in [3.63, 3.8) is 0 Å². The molecule has 0 aliphatic carbocycles. The Balaban J connectivity index is 2.90. The molecule has 0 atom stereocenters. The second-order valence-corrected chi connectivity index (χ2v) is 3.40. The Kier molecular flexibility index (Phi) is 3.91. The molecule has 1 amide bonds. The molecule has 0 aliphatic heterocycles. The van der Waals surface area contributed by atoms with E-state index in [1.807, 2.05) is 6.26 Å². The summed E-state index contributed by atoms with van der Waals surface area (Å²) in [5.74, 6) is -0.176. The first-order chi connectivity index (χ1) is 6.69. The maximum Gasteiger partial charge on any atom is 0.277 e. The number of carbonyl (C=O) groups excluding carboxylic acids is 1. The van der Waals surface area contributed by atoms with Crippen LogP contribution in [0.5, 0.6) is 0 Å². The Morgan fingerprint density at radius 1 is 1.64 bits per heavy atom. The molecular formula is C9H12N2O2S. The molecule has 4 nitrogen and oxygen atoms in total. The van der Waals surface area contributed by atoms with E-state index in [0.717, 1.165) is 5.03 Å². The highest BCUT2D eigenvalue weighted by molar-refractivity contribution is 7.98. The normalized spacial score (nSPS) is 9.93. The summed E-state index contributed by atoms with van der Waals surface area (Å²) in [6.45, 7) is 0. The first-order valence-corrected chi connectivity index (χ1v) is 5.23. The van der Waals surface area contributed by atoms with E-state index in [0.29, 0.717) is 5.56 Å². The van der Waals surface area contributed by atoms with Crippen LogP contribution in [0.25, 0.3) is 0 Å². The van der Waals surface area contributed by atoms with E-state index in [4.69, 9.17) is 4.84 Å². The van der Waals surface area contributed by atoms with Crippen LogP contribution in [0, 0.1) is 0 Å². The summed E-state index contributed by atoms with van der Waals surface area (Å²) in [6.07, 6.45) is 3.53. The quantitative estimate of drug-likeness (QED) is 0.561. The molecule has 0 fully saturated rings. The van der Waals surface area contributed by atoms with Crippen LogP contribution in [0.4, 0.5) is 0 Å². The van der Waals surface area contributed by atoms with E-state index in [2.05, 4.69) is 4.98 Å². The fraction of sp³-hybridized carbons (Fsp3) is 0.333. The first-order valence-electron chi connectivity index (χ1n) is 4.01. The molecular weight excluding hydrogens is 200 g/mol. The molecule has 0 N–H and O–H groups in total. The summed E-state index contributed by atoms with van der Waals surface area (Å²) >= 11 is 1.50. The highest BCUT2D eigenvalue weighted by Gasteiger charge is 2.11. The van der Waals surface area contributed by atoms with Crippen LogP contribution >= 0.6 is 11.8 Å². The average molecular weight is 212 g/mol. The van der Waals surface area contributed by atoms with Crippen molar-refractivity contribution in [1.82, 2.24) is 10.0 Å². The van der Waals surface area contributed by atoms with Gasteiger partial charge in [-0.25, -0.2) is 10.0 Å². The smallest absolute Gasteiger partial charge is 0.274 e. The van der Waals surface area contributed by atoms with Gasteiger partial charge in [0.2, 0.25) is 0 Å². The van der Waals surface area contributed by atoms with Crippen molar-refractivity contribution in [2.75, 3.05) is 20.4 Å². The van der Waals surface area contributed by atoms with Crippen LogP contribution in [-0.2, 0) is 4.84 Å². The molecule has 5 heteroatoms. The fourth-order valence-electron chi connectivity index (χ4n) is 0.919. The van der Waals surface area contributed by atoms with Gasteiger partial charge in [-0.05, 0) is 18.4 Å². The summed E-state index contributed by atoms with van der Waals surface area (Å²) in [5.41, 5.74) is 0.578. The summed E-state index contributed by atoms with van der Waals surface area (Å²) in [5, 5.41) is 2.00.